The normalized spacial score (nSPS) is 19.5. The molecule has 0 spiro atoms. The number of piperazine rings is 1. The van der Waals surface area contributed by atoms with E-state index in [1.165, 1.54) is 7.11 Å². The second kappa shape index (κ2) is 8.49. The summed E-state index contributed by atoms with van der Waals surface area (Å²) < 4.78 is 4.41. The lowest BCUT2D eigenvalue weighted by atomic mass is 10.1. The van der Waals surface area contributed by atoms with Crippen LogP contribution in [0.25, 0.3) is 0 Å². The van der Waals surface area contributed by atoms with Gasteiger partial charge < -0.3 is 24.9 Å². The highest BCUT2D eigenvalue weighted by molar-refractivity contribution is 5.77. The van der Waals surface area contributed by atoms with Gasteiger partial charge in [0, 0.05) is 32.6 Å². The molecule has 0 aromatic carbocycles. The number of nitrogens with zero attached hydrogens (tertiary/aromatic N) is 2. The Morgan fingerprint density at radius 2 is 2.20 bits per heavy atom. The predicted octanol–water partition coefficient (Wildman–Crippen LogP) is -1.56. The maximum absolute atomic E-state index is 12.0. The van der Waals surface area contributed by atoms with Crippen molar-refractivity contribution in [1.29, 1.82) is 0 Å². The number of carbonyl (C=O) groups excluding carboxylic acids is 3. The van der Waals surface area contributed by atoms with Crippen LogP contribution in [0.5, 0.6) is 0 Å². The molecule has 2 N–H and O–H groups in total. The number of nitrogens with one attached hydrogen (secondary N) is 1. The fraction of sp³-hybridized carbons (Fsp3) is 0.750. The second-order valence-electron chi connectivity index (χ2n) is 4.51. The highest BCUT2D eigenvalue weighted by atomic mass is 16.5. The highest BCUT2D eigenvalue weighted by Gasteiger charge is 2.28. The van der Waals surface area contributed by atoms with Crippen molar-refractivity contribution < 1.29 is 24.2 Å². The Bertz CT molecular complexity index is 350. The standard InChI is InChI=1S/C12H21N3O5/c1-20-12(19)13-3-2-11(18)15-5-4-14(6-7-16)10(8-15)9-17/h7,10,17H,2-6,8-9H2,1H3,(H,13,19). The minimum Gasteiger partial charge on any atom is -0.453 e. The minimum atomic E-state index is -0.568. The third kappa shape index (κ3) is 4.78. The fourth-order valence-electron chi connectivity index (χ4n) is 2.13. The van der Waals surface area contributed by atoms with Gasteiger partial charge >= 0.3 is 6.09 Å². The highest BCUT2D eigenvalue weighted by Crippen LogP contribution is 2.09. The van der Waals surface area contributed by atoms with Gasteiger partial charge in [-0.1, -0.05) is 0 Å². The summed E-state index contributed by atoms with van der Waals surface area (Å²) in [5, 5.41) is 11.7. The number of rotatable bonds is 6. The van der Waals surface area contributed by atoms with E-state index in [1.807, 2.05) is 4.90 Å². The first-order chi connectivity index (χ1) is 9.62. The lowest BCUT2D eigenvalue weighted by Gasteiger charge is -2.39. The molecule has 2 amide bonds. The van der Waals surface area contributed by atoms with E-state index in [0.717, 1.165) is 6.29 Å². The molecule has 1 fully saturated rings. The topological polar surface area (TPSA) is 99.2 Å². The van der Waals surface area contributed by atoms with Crippen LogP contribution in [-0.4, -0.2) is 85.7 Å². The van der Waals surface area contributed by atoms with Gasteiger partial charge in [-0.15, -0.1) is 0 Å². The molecule has 0 radical (unpaired) electrons. The summed E-state index contributed by atoms with van der Waals surface area (Å²) in [5.74, 6) is -0.0920. The molecule has 1 unspecified atom stereocenters. The first-order valence-corrected chi connectivity index (χ1v) is 6.50. The number of alkyl carbamates (subject to hydrolysis) is 1. The first kappa shape index (κ1) is 16.4. The molecule has 0 bridgehead atoms. The lowest BCUT2D eigenvalue weighted by Crippen LogP contribution is -2.56. The Morgan fingerprint density at radius 3 is 2.80 bits per heavy atom. The van der Waals surface area contributed by atoms with Gasteiger partial charge in [-0.3, -0.25) is 9.69 Å². The third-order valence-electron chi connectivity index (χ3n) is 3.27. The summed E-state index contributed by atoms with van der Waals surface area (Å²) >= 11 is 0. The van der Waals surface area contributed by atoms with Crippen LogP contribution < -0.4 is 5.32 Å². The zero-order valence-electron chi connectivity index (χ0n) is 11.6. The molecule has 1 aliphatic heterocycles. The molecule has 1 atom stereocenters. The third-order valence-corrected chi connectivity index (χ3v) is 3.27. The average molecular weight is 287 g/mol. The van der Waals surface area contributed by atoms with Crippen LogP contribution in [0.2, 0.25) is 0 Å². The van der Waals surface area contributed by atoms with E-state index < -0.39 is 6.09 Å². The van der Waals surface area contributed by atoms with Crippen molar-refractivity contribution in [2.75, 3.05) is 46.4 Å². The molecule has 1 rings (SSSR count). The summed E-state index contributed by atoms with van der Waals surface area (Å²) in [6, 6.07) is -0.216. The van der Waals surface area contributed by atoms with E-state index in [0.29, 0.717) is 19.6 Å². The number of hydrogen-bond acceptors (Lipinski definition) is 6. The Kier molecular flexibility index (Phi) is 6.96. The Labute approximate surface area is 117 Å². The van der Waals surface area contributed by atoms with Gasteiger partial charge in [0.1, 0.15) is 6.29 Å². The molecule has 0 aliphatic carbocycles. The smallest absolute Gasteiger partial charge is 0.406 e. The summed E-state index contributed by atoms with van der Waals surface area (Å²) in [5.41, 5.74) is 0. The van der Waals surface area contributed by atoms with Crippen LogP contribution in [0.4, 0.5) is 4.79 Å². The number of aliphatic hydroxyl groups is 1. The van der Waals surface area contributed by atoms with Gasteiger partial charge in [0.05, 0.1) is 26.3 Å². The largest absolute Gasteiger partial charge is 0.453 e. The predicted molar refractivity (Wildman–Crippen MR) is 70.1 cm³/mol. The molecule has 0 saturated carbocycles. The van der Waals surface area contributed by atoms with Crippen molar-refractivity contribution in [3.8, 4) is 0 Å². The lowest BCUT2D eigenvalue weighted by molar-refractivity contribution is -0.134. The van der Waals surface area contributed by atoms with Crippen LogP contribution in [0.15, 0.2) is 0 Å². The fourth-order valence-corrected chi connectivity index (χ4v) is 2.13. The molecule has 1 aliphatic rings. The summed E-state index contributed by atoms with van der Waals surface area (Å²) in [7, 11) is 1.26. The van der Waals surface area contributed by atoms with Crippen LogP contribution in [0, 0.1) is 0 Å². The van der Waals surface area contributed by atoms with E-state index in [2.05, 4.69) is 10.1 Å². The second-order valence-corrected chi connectivity index (χ2v) is 4.51. The molecule has 0 aromatic heterocycles. The van der Waals surface area contributed by atoms with Gasteiger partial charge in [0.15, 0.2) is 0 Å². The van der Waals surface area contributed by atoms with E-state index >= 15 is 0 Å². The Morgan fingerprint density at radius 1 is 1.45 bits per heavy atom. The monoisotopic (exact) mass is 287 g/mol. The molecular weight excluding hydrogens is 266 g/mol. The molecule has 8 heteroatoms. The van der Waals surface area contributed by atoms with E-state index in [-0.39, 0.29) is 38.1 Å². The SMILES string of the molecule is COC(=O)NCCC(=O)N1CCN(CC=O)C(CO)C1. The first-order valence-electron chi connectivity index (χ1n) is 6.50. The van der Waals surface area contributed by atoms with Crippen molar-refractivity contribution >= 4 is 18.3 Å². The van der Waals surface area contributed by atoms with Crippen LogP contribution >= 0.6 is 0 Å². The Hall–Kier alpha value is -1.67. The summed E-state index contributed by atoms with van der Waals surface area (Å²) in [4.78, 5) is 36.8. The van der Waals surface area contributed by atoms with Crippen molar-refractivity contribution in [1.82, 2.24) is 15.1 Å². The molecule has 0 aromatic rings. The van der Waals surface area contributed by atoms with E-state index in [1.54, 1.807) is 4.90 Å². The number of ether oxygens (including phenoxy) is 1. The van der Waals surface area contributed by atoms with Crippen molar-refractivity contribution in [2.24, 2.45) is 0 Å². The quantitative estimate of drug-likeness (QED) is 0.573. The van der Waals surface area contributed by atoms with Gasteiger partial charge in [-0.25, -0.2) is 4.79 Å². The van der Waals surface area contributed by atoms with Gasteiger partial charge in [0.2, 0.25) is 5.91 Å². The van der Waals surface area contributed by atoms with E-state index in [4.69, 9.17) is 0 Å². The zero-order valence-corrected chi connectivity index (χ0v) is 11.6. The number of aliphatic hydroxyl groups excluding tert-OH is 1. The van der Waals surface area contributed by atoms with Crippen LogP contribution in [0.3, 0.4) is 0 Å². The van der Waals surface area contributed by atoms with Crippen molar-refractivity contribution in [2.45, 2.75) is 12.5 Å². The van der Waals surface area contributed by atoms with Crippen molar-refractivity contribution in [3.05, 3.63) is 0 Å². The average Bonchev–Trinajstić information content (AvgIpc) is 2.47. The molecular formula is C12H21N3O5. The molecule has 20 heavy (non-hydrogen) atoms. The van der Waals surface area contributed by atoms with Gasteiger partial charge in [-0.2, -0.15) is 0 Å². The number of carbonyl (C=O) groups is 3. The molecule has 1 saturated heterocycles. The van der Waals surface area contributed by atoms with E-state index in [9.17, 15) is 19.5 Å². The zero-order chi connectivity index (χ0) is 15.0. The van der Waals surface area contributed by atoms with Gasteiger partial charge in [0.25, 0.3) is 0 Å². The number of amides is 2. The molecule has 114 valence electrons. The van der Waals surface area contributed by atoms with Crippen LogP contribution in [-0.2, 0) is 14.3 Å². The molecule has 8 nitrogen and oxygen atoms in total. The number of methoxy groups -OCH3 is 1. The maximum Gasteiger partial charge on any atom is 0.406 e. The summed E-state index contributed by atoms with van der Waals surface area (Å²) in [6.07, 6.45) is 0.406. The summed E-state index contributed by atoms with van der Waals surface area (Å²) in [6.45, 7) is 1.84. The number of aldehydes is 1. The maximum atomic E-state index is 12.0. The van der Waals surface area contributed by atoms with Gasteiger partial charge in [-0.05, 0) is 0 Å². The van der Waals surface area contributed by atoms with Crippen molar-refractivity contribution in [3.63, 3.8) is 0 Å². The Balaban J connectivity index is 2.38. The molecule has 1 heterocycles. The number of hydrogen-bond donors (Lipinski definition) is 2. The minimum absolute atomic E-state index is 0.0920. The van der Waals surface area contributed by atoms with Crippen LogP contribution in [0.1, 0.15) is 6.42 Å².